The standard InChI is InChI=1S/C20H24F2N2O3/c1-12(2)13-4-6-14(7-5-13)16(23)11-24-19(25)15-8-9-17(27-20(21)22)18(10-15)26-3/h4-10,12,16,20H,11,23H2,1-3H3,(H,24,25). The summed E-state index contributed by atoms with van der Waals surface area (Å²) in [5, 5.41) is 2.74. The summed E-state index contributed by atoms with van der Waals surface area (Å²) >= 11 is 0. The summed E-state index contributed by atoms with van der Waals surface area (Å²) in [6, 6.07) is 11.6. The smallest absolute Gasteiger partial charge is 0.387 e. The van der Waals surface area contributed by atoms with E-state index < -0.39 is 6.61 Å². The van der Waals surface area contributed by atoms with Crippen molar-refractivity contribution in [3.8, 4) is 11.5 Å². The van der Waals surface area contributed by atoms with E-state index in [1.54, 1.807) is 0 Å². The molecule has 2 aromatic carbocycles. The van der Waals surface area contributed by atoms with Gasteiger partial charge in [-0.25, -0.2) is 0 Å². The molecule has 0 fully saturated rings. The van der Waals surface area contributed by atoms with Gasteiger partial charge in [-0.1, -0.05) is 38.1 Å². The molecule has 0 aliphatic heterocycles. The number of methoxy groups -OCH3 is 1. The molecule has 0 heterocycles. The van der Waals surface area contributed by atoms with Crippen LogP contribution in [0.5, 0.6) is 11.5 Å². The summed E-state index contributed by atoms with van der Waals surface area (Å²) in [5.41, 5.74) is 8.53. The molecule has 7 heteroatoms. The maximum Gasteiger partial charge on any atom is 0.387 e. The van der Waals surface area contributed by atoms with E-state index in [4.69, 9.17) is 10.5 Å². The van der Waals surface area contributed by atoms with Crippen molar-refractivity contribution < 1.29 is 23.0 Å². The third-order valence-corrected chi connectivity index (χ3v) is 4.16. The van der Waals surface area contributed by atoms with Gasteiger partial charge in [-0.2, -0.15) is 8.78 Å². The summed E-state index contributed by atoms with van der Waals surface area (Å²) in [6.07, 6.45) is 0. The average Bonchev–Trinajstić information content (AvgIpc) is 2.65. The molecular weight excluding hydrogens is 354 g/mol. The number of benzene rings is 2. The van der Waals surface area contributed by atoms with Crippen LogP contribution in [0.3, 0.4) is 0 Å². The SMILES string of the molecule is COc1cc(C(=O)NCC(N)c2ccc(C(C)C)cc2)ccc1OC(F)F. The Morgan fingerprint density at radius 1 is 1.07 bits per heavy atom. The fraction of sp³-hybridized carbons (Fsp3) is 0.350. The van der Waals surface area contributed by atoms with Crippen LogP contribution in [-0.4, -0.2) is 26.2 Å². The predicted molar refractivity (Wildman–Crippen MR) is 99.4 cm³/mol. The summed E-state index contributed by atoms with van der Waals surface area (Å²) < 4.78 is 34.1. The Balaban J connectivity index is 2.00. The van der Waals surface area contributed by atoms with Crippen LogP contribution in [0.15, 0.2) is 42.5 Å². The van der Waals surface area contributed by atoms with Crippen molar-refractivity contribution in [1.29, 1.82) is 0 Å². The lowest BCUT2D eigenvalue weighted by molar-refractivity contribution is -0.0512. The van der Waals surface area contributed by atoms with Gasteiger partial charge in [-0.05, 0) is 35.2 Å². The molecule has 3 N–H and O–H groups in total. The first-order valence-corrected chi connectivity index (χ1v) is 8.58. The number of hydrogen-bond acceptors (Lipinski definition) is 4. The summed E-state index contributed by atoms with van der Waals surface area (Å²) in [4.78, 5) is 12.3. The molecule has 2 rings (SSSR count). The number of nitrogens with two attached hydrogens (primary N) is 1. The third kappa shape index (κ3) is 5.65. The van der Waals surface area contributed by atoms with Gasteiger partial charge in [0, 0.05) is 18.2 Å². The number of carbonyl (C=O) groups is 1. The van der Waals surface area contributed by atoms with Gasteiger partial charge in [0.25, 0.3) is 5.91 Å². The number of hydrogen-bond donors (Lipinski definition) is 2. The molecule has 1 amide bonds. The quantitative estimate of drug-likeness (QED) is 0.732. The molecule has 27 heavy (non-hydrogen) atoms. The molecule has 0 bridgehead atoms. The second-order valence-corrected chi connectivity index (χ2v) is 6.38. The molecule has 146 valence electrons. The van der Waals surface area contributed by atoms with Crippen LogP contribution < -0.4 is 20.5 Å². The first-order chi connectivity index (χ1) is 12.8. The average molecular weight is 378 g/mol. The largest absolute Gasteiger partial charge is 0.493 e. The molecule has 0 saturated carbocycles. The Morgan fingerprint density at radius 2 is 1.70 bits per heavy atom. The molecule has 0 aliphatic rings. The molecule has 2 aromatic rings. The highest BCUT2D eigenvalue weighted by molar-refractivity contribution is 5.94. The van der Waals surface area contributed by atoms with Crippen LogP contribution in [0, 0.1) is 0 Å². The maximum absolute atomic E-state index is 12.4. The minimum absolute atomic E-state index is 0.0523. The number of ether oxygens (including phenoxy) is 2. The lowest BCUT2D eigenvalue weighted by Crippen LogP contribution is -2.31. The van der Waals surface area contributed by atoms with E-state index in [2.05, 4.69) is 23.9 Å². The molecule has 0 saturated heterocycles. The minimum atomic E-state index is -2.97. The fourth-order valence-corrected chi connectivity index (χ4v) is 2.55. The Labute approximate surface area is 157 Å². The zero-order valence-corrected chi connectivity index (χ0v) is 15.5. The maximum atomic E-state index is 12.4. The molecule has 0 spiro atoms. The zero-order chi connectivity index (χ0) is 20.0. The molecule has 1 unspecified atom stereocenters. The van der Waals surface area contributed by atoms with Crippen molar-refractivity contribution in [2.45, 2.75) is 32.4 Å². The van der Waals surface area contributed by atoms with Gasteiger partial charge < -0.3 is 20.5 Å². The molecule has 5 nitrogen and oxygen atoms in total. The van der Waals surface area contributed by atoms with Crippen molar-refractivity contribution in [1.82, 2.24) is 5.32 Å². The zero-order valence-electron chi connectivity index (χ0n) is 15.5. The minimum Gasteiger partial charge on any atom is -0.493 e. The first kappa shape index (κ1) is 20.6. The van der Waals surface area contributed by atoms with Crippen molar-refractivity contribution in [3.63, 3.8) is 0 Å². The predicted octanol–water partition coefficient (Wildman–Crippen LogP) is 3.85. The van der Waals surface area contributed by atoms with Gasteiger partial charge in [-0.3, -0.25) is 4.79 Å². The van der Waals surface area contributed by atoms with Gasteiger partial charge in [-0.15, -0.1) is 0 Å². The van der Waals surface area contributed by atoms with Gasteiger partial charge in [0.15, 0.2) is 11.5 Å². The summed E-state index contributed by atoms with van der Waals surface area (Å²) in [7, 11) is 1.31. The molecular formula is C20H24F2N2O3. The molecule has 0 aliphatic carbocycles. The van der Waals surface area contributed by atoms with Crippen LogP contribution in [0.2, 0.25) is 0 Å². The van der Waals surface area contributed by atoms with Gasteiger partial charge in [0.2, 0.25) is 0 Å². The van der Waals surface area contributed by atoms with Gasteiger partial charge in [0.1, 0.15) is 0 Å². The van der Waals surface area contributed by atoms with Crippen LogP contribution in [0.1, 0.15) is 47.3 Å². The molecule has 0 radical (unpaired) electrons. The van der Waals surface area contributed by atoms with Gasteiger partial charge >= 0.3 is 6.61 Å². The van der Waals surface area contributed by atoms with Crippen LogP contribution >= 0.6 is 0 Å². The Bertz CT molecular complexity index is 764. The van der Waals surface area contributed by atoms with Crippen LogP contribution in [0.4, 0.5) is 8.78 Å². The normalized spacial score (nSPS) is 12.1. The van der Waals surface area contributed by atoms with E-state index in [0.29, 0.717) is 5.92 Å². The number of alkyl halides is 2. The highest BCUT2D eigenvalue weighted by Gasteiger charge is 2.15. The molecule has 0 aromatic heterocycles. The number of nitrogens with one attached hydrogen (secondary N) is 1. The number of amides is 1. The highest BCUT2D eigenvalue weighted by Crippen LogP contribution is 2.29. The van der Waals surface area contributed by atoms with E-state index in [0.717, 1.165) is 5.56 Å². The first-order valence-electron chi connectivity index (χ1n) is 8.58. The Hall–Kier alpha value is -2.67. The number of rotatable bonds is 8. The van der Waals surface area contributed by atoms with E-state index in [9.17, 15) is 13.6 Å². The van der Waals surface area contributed by atoms with Crippen molar-refractivity contribution in [2.24, 2.45) is 5.73 Å². The van der Waals surface area contributed by atoms with Gasteiger partial charge in [0.05, 0.1) is 7.11 Å². The molecule has 1 atom stereocenters. The number of carbonyl (C=O) groups excluding carboxylic acids is 1. The van der Waals surface area contributed by atoms with E-state index >= 15 is 0 Å². The summed E-state index contributed by atoms with van der Waals surface area (Å²) in [5.74, 6) is -0.0318. The second kappa shape index (κ2) is 9.32. The third-order valence-electron chi connectivity index (χ3n) is 4.16. The Morgan fingerprint density at radius 3 is 2.26 bits per heavy atom. The van der Waals surface area contributed by atoms with E-state index in [1.165, 1.54) is 30.9 Å². The summed E-state index contributed by atoms with van der Waals surface area (Å²) in [6.45, 7) is 1.48. The Kier molecular flexibility index (Phi) is 7.12. The van der Waals surface area contributed by atoms with Crippen molar-refractivity contribution in [2.75, 3.05) is 13.7 Å². The van der Waals surface area contributed by atoms with Crippen LogP contribution in [0.25, 0.3) is 0 Å². The monoisotopic (exact) mass is 378 g/mol. The second-order valence-electron chi connectivity index (χ2n) is 6.38. The fourth-order valence-electron chi connectivity index (χ4n) is 2.55. The lowest BCUT2D eigenvalue weighted by atomic mass is 9.99. The van der Waals surface area contributed by atoms with Crippen molar-refractivity contribution >= 4 is 5.91 Å². The topological polar surface area (TPSA) is 73.6 Å². The van der Waals surface area contributed by atoms with E-state index in [1.807, 2.05) is 24.3 Å². The highest BCUT2D eigenvalue weighted by atomic mass is 19.3. The van der Waals surface area contributed by atoms with Crippen molar-refractivity contribution in [3.05, 3.63) is 59.2 Å². The number of halogens is 2. The lowest BCUT2D eigenvalue weighted by Gasteiger charge is -2.15. The van der Waals surface area contributed by atoms with Crippen LogP contribution in [-0.2, 0) is 0 Å². The van der Waals surface area contributed by atoms with E-state index in [-0.39, 0.29) is 35.6 Å².